The Morgan fingerprint density at radius 3 is 2.78 bits per heavy atom. The third kappa shape index (κ3) is 7.89. The number of rotatable bonds is 13. The minimum atomic E-state index is -0.433. The van der Waals surface area contributed by atoms with Crippen LogP contribution in [0.3, 0.4) is 0 Å². The molecule has 0 bridgehead atoms. The predicted molar refractivity (Wildman–Crippen MR) is 140 cm³/mol. The number of nitrogens with zero attached hydrogens (tertiary/aromatic N) is 4. The molecule has 0 spiro atoms. The summed E-state index contributed by atoms with van der Waals surface area (Å²) in [7, 11) is 1.64. The summed E-state index contributed by atoms with van der Waals surface area (Å²) in [5.41, 5.74) is 2.61. The molecule has 10 nitrogen and oxygen atoms in total. The molecule has 192 valence electrons. The Morgan fingerprint density at radius 2 is 2.03 bits per heavy atom. The Kier molecular flexibility index (Phi) is 10.9. The number of methoxy groups -OCH3 is 1. The van der Waals surface area contributed by atoms with Crippen LogP contribution in [0.2, 0.25) is 0 Å². The second-order valence-electron chi connectivity index (χ2n) is 7.69. The highest BCUT2D eigenvalue weighted by Crippen LogP contribution is 2.23. The van der Waals surface area contributed by atoms with E-state index in [-0.39, 0.29) is 6.61 Å². The first-order chi connectivity index (χ1) is 17.7. The Balaban J connectivity index is 1.81. The molecule has 10 heteroatoms. The molecule has 2 aromatic rings. The Labute approximate surface area is 211 Å². The summed E-state index contributed by atoms with van der Waals surface area (Å²) in [5, 5.41) is 3.26. The lowest BCUT2D eigenvalue weighted by Gasteiger charge is -2.30. The fourth-order valence-electron chi connectivity index (χ4n) is 3.52. The van der Waals surface area contributed by atoms with Crippen LogP contribution in [0.4, 0.5) is 5.69 Å². The number of carbonyl (C=O) groups excluding carboxylic acids is 1. The van der Waals surface area contributed by atoms with Crippen LogP contribution in [0.5, 0.6) is 5.75 Å². The number of allylic oxidation sites excluding steroid dienone is 1. The van der Waals surface area contributed by atoms with Crippen LogP contribution in [-0.2, 0) is 14.2 Å². The van der Waals surface area contributed by atoms with Gasteiger partial charge in [-0.05, 0) is 31.8 Å². The molecule has 3 rings (SSSR count). The highest BCUT2D eigenvalue weighted by atomic mass is 16.5. The average Bonchev–Trinajstić information content (AvgIpc) is 2.91. The molecule has 2 heterocycles. The van der Waals surface area contributed by atoms with E-state index in [2.05, 4.69) is 31.9 Å². The van der Waals surface area contributed by atoms with E-state index in [9.17, 15) is 4.79 Å². The molecule has 1 aromatic carbocycles. The van der Waals surface area contributed by atoms with Gasteiger partial charge in [-0.15, -0.1) is 0 Å². The van der Waals surface area contributed by atoms with Crippen molar-refractivity contribution < 1.29 is 23.7 Å². The van der Waals surface area contributed by atoms with Gasteiger partial charge < -0.3 is 29.2 Å². The van der Waals surface area contributed by atoms with Crippen LogP contribution in [0.1, 0.15) is 22.8 Å². The molecule has 0 unspecified atom stereocenters. The maximum absolute atomic E-state index is 12.3. The van der Waals surface area contributed by atoms with Crippen LogP contribution < -0.4 is 10.1 Å². The van der Waals surface area contributed by atoms with Crippen molar-refractivity contribution in [2.75, 3.05) is 65.2 Å². The fraction of sp³-hybridized carbons (Fsp3) is 0.385. The van der Waals surface area contributed by atoms with Crippen molar-refractivity contribution in [3.8, 4) is 5.75 Å². The second kappa shape index (κ2) is 14.6. The van der Waals surface area contributed by atoms with E-state index in [1.807, 2.05) is 24.3 Å². The van der Waals surface area contributed by atoms with Gasteiger partial charge in [0, 0.05) is 61.7 Å². The summed E-state index contributed by atoms with van der Waals surface area (Å²) >= 11 is 0. The van der Waals surface area contributed by atoms with E-state index >= 15 is 0 Å². The Hall–Kier alpha value is -3.76. The molecule has 1 saturated heterocycles. The molecule has 0 amide bonds. The molecular weight excluding hydrogens is 462 g/mol. The monoisotopic (exact) mass is 495 g/mol. The third-order valence-electron chi connectivity index (χ3n) is 5.25. The van der Waals surface area contributed by atoms with Crippen molar-refractivity contribution in [1.29, 1.82) is 0 Å². The van der Waals surface area contributed by atoms with Crippen LogP contribution in [0.15, 0.2) is 58.5 Å². The van der Waals surface area contributed by atoms with Crippen LogP contribution in [0, 0.1) is 0 Å². The highest BCUT2D eigenvalue weighted by Gasteiger charge is 2.19. The summed E-state index contributed by atoms with van der Waals surface area (Å²) < 4.78 is 21.3. The Morgan fingerprint density at radius 1 is 1.22 bits per heavy atom. The molecule has 1 aromatic heterocycles. The first-order valence-corrected chi connectivity index (χ1v) is 11.8. The maximum atomic E-state index is 12.3. The number of hydrogen-bond donors (Lipinski definition) is 1. The zero-order valence-electron chi connectivity index (χ0n) is 20.8. The number of aromatic nitrogens is 1. The number of nitrogens with one attached hydrogen (secondary N) is 1. The van der Waals surface area contributed by atoms with Gasteiger partial charge in [0.1, 0.15) is 24.8 Å². The van der Waals surface area contributed by atoms with E-state index < -0.39 is 5.97 Å². The van der Waals surface area contributed by atoms with Gasteiger partial charge in [0.05, 0.1) is 32.0 Å². The topological polar surface area (TPSA) is 107 Å². The molecule has 1 aliphatic rings. The van der Waals surface area contributed by atoms with Crippen molar-refractivity contribution in [1.82, 2.24) is 9.88 Å². The number of carbonyl (C=O) groups is 1. The van der Waals surface area contributed by atoms with Crippen molar-refractivity contribution in [2.45, 2.75) is 6.92 Å². The molecular formula is C26H33N5O5. The summed E-state index contributed by atoms with van der Waals surface area (Å²) in [6.45, 7) is 9.66. The molecule has 1 aliphatic heterocycles. The fourth-order valence-corrected chi connectivity index (χ4v) is 3.52. The van der Waals surface area contributed by atoms with Gasteiger partial charge in [-0.1, -0.05) is 6.07 Å². The number of anilines is 1. The summed E-state index contributed by atoms with van der Waals surface area (Å²) in [6, 6.07) is 9.36. The van der Waals surface area contributed by atoms with E-state index in [1.54, 1.807) is 32.5 Å². The van der Waals surface area contributed by atoms with Gasteiger partial charge in [0.2, 0.25) is 0 Å². The summed E-state index contributed by atoms with van der Waals surface area (Å²) in [5.74, 6) is 0.962. The summed E-state index contributed by atoms with van der Waals surface area (Å²) in [4.78, 5) is 27.5. The zero-order valence-corrected chi connectivity index (χ0v) is 20.8. The number of morpholine rings is 1. The second-order valence-corrected chi connectivity index (χ2v) is 7.69. The lowest BCUT2D eigenvalue weighted by atomic mass is 10.1. The normalized spacial score (nSPS) is 14.3. The smallest absolute Gasteiger partial charge is 0.339 e. The SMILES string of the molecule is C=N/C(=C(\C=N/CNc1cccc(OCCOC)c1)c1cncc(C(=O)OCC)c1)N1CCOCC1. The van der Waals surface area contributed by atoms with Crippen molar-refractivity contribution in [3.05, 3.63) is 59.7 Å². The largest absolute Gasteiger partial charge is 0.491 e. The van der Waals surface area contributed by atoms with Crippen molar-refractivity contribution >= 4 is 30.2 Å². The minimum absolute atomic E-state index is 0.282. The molecule has 0 atom stereocenters. The van der Waals surface area contributed by atoms with Crippen LogP contribution in [0.25, 0.3) is 5.57 Å². The average molecular weight is 496 g/mol. The van der Waals surface area contributed by atoms with Gasteiger partial charge in [-0.3, -0.25) is 9.98 Å². The van der Waals surface area contributed by atoms with E-state index in [1.165, 1.54) is 6.20 Å². The molecule has 1 N–H and O–H groups in total. The number of pyridine rings is 1. The zero-order chi connectivity index (χ0) is 25.6. The van der Waals surface area contributed by atoms with E-state index in [4.69, 9.17) is 18.9 Å². The standard InChI is InChI=1S/C26H33N5O5/c1-4-35-26(32)21-14-20(16-28-17-21)24(25(27-2)31-8-10-34-11-9-31)18-29-19-30-22-6-5-7-23(15-22)36-13-12-33-3/h5-7,14-18,30H,2,4,8-13,19H2,1,3H3/b25-24-,29-18-. The quantitative estimate of drug-likeness (QED) is 0.257. The first-order valence-electron chi connectivity index (χ1n) is 11.8. The number of benzene rings is 1. The number of aliphatic imine (C=N–C) groups is 2. The van der Waals surface area contributed by atoms with Gasteiger partial charge in [0.25, 0.3) is 0 Å². The lowest BCUT2D eigenvalue weighted by molar-refractivity contribution is 0.0525. The minimum Gasteiger partial charge on any atom is -0.491 e. The van der Waals surface area contributed by atoms with Crippen molar-refractivity contribution in [3.63, 3.8) is 0 Å². The van der Waals surface area contributed by atoms with Crippen LogP contribution >= 0.6 is 0 Å². The van der Waals surface area contributed by atoms with Crippen LogP contribution in [-0.4, -0.2) is 88.7 Å². The third-order valence-corrected chi connectivity index (χ3v) is 5.25. The number of ether oxygens (including phenoxy) is 4. The number of esters is 1. The maximum Gasteiger partial charge on any atom is 0.339 e. The first kappa shape index (κ1) is 26.8. The van der Waals surface area contributed by atoms with E-state index in [0.717, 1.165) is 11.4 Å². The van der Waals surface area contributed by atoms with Gasteiger partial charge in [-0.25, -0.2) is 9.79 Å². The van der Waals surface area contributed by atoms with Gasteiger partial charge >= 0.3 is 5.97 Å². The van der Waals surface area contributed by atoms with Gasteiger partial charge in [-0.2, -0.15) is 0 Å². The van der Waals surface area contributed by atoms with Crippen molar-refractivity contribution in [2.24, 2.45) is 9.98 Å². The van der Waals surface area contributed by atoms with E-state index in [0.29, 0.717) is 68.7 Å². The Bertz CT molecular complexity index is 1070. The summed E-state index contributed by atoms with van der Waals surface area (Å²) in [6.07, 6.45) is 4.87. The molecule has 0 radical (unpaired) electrons. The molecule has 0 saturated carbocycles. The molecule has 36 heavy (non-hydrogen) atoms. The lowest BCUT2D eigenvalue weighted by Crippen LogP contribution is -2.35. The number of hydrogen-bond acceptors (Lipinski definition) is 10. The highest BCUT2D eigenvalue weighted by molar-refractivity contribution is 6.11. The predicted octanol–water partition coefficient (Wildman–Crippen LogP) is 3.13. The molecule has 0 aliphatic carbocycles. The van der Waals surface area contributed by atoms with Gasteiger partial charge in [0.15, 0.2) is 0 Å². The molecule has 1 fully saturated rings.